The van der Waals surface area contributed by atoms with E-state index in [1.807, 2.05) is 12.1 Å². The zero-order valence-corrected chi connectivity index (χ0v) is 14.7. The van der Waals surface area contributed by atoms with Gasteiger partial charge in [0.25, 0.3) is 0 Å². The lowest BCUT2D eigenvalue weighted by Crippen LogP contribution is -3.07. The third-order valence-electron chi connectivity index (χ3n) is 3.35. The maximum absolute atomic E-state index is 12.3. The molecule has 1 aromatic rings. The molecule has 0 aliphatic heterocycles. The first-order valence-electron chi connectivity index (χ1n) is 7.54. The summed E-state index contributed by atoms with van der Waals surface area (Å²) >= 11 is 0. The number of quaternary nitrogens is 1. The van der Waals surface area contributed by atoms with Gasteiger partial charge in [-0.25, -0.2) is 13.1 Å². The van der Waals surface area contributed by atoms with Crippen LogP contribution in [0.15, 0.2) is 29.2 Å². The summed E-state index contributed by atoms with van der Waals surface area (Å²) < 4.78 is 27.4. The van der Waals surface area contributed by atoms with Crippen LogP contribution in [0.5, 0.6) is 0 Å². The van der Waals surface area contributed by atoms with Gasteiger partial charge in [0.05, 0.1) is 25.5 Å². The third kappa shape index (κ3) is 6.16. The molecule has 1 aromatic carbocycles. The number of hydrogen-bond acceptors (Lipinski definition) is 2. The minimum Gasteiger partial charge on any atom is -0.339 e. The molecule has 0 radical (unpaired) electrons. The number of rotatable bonds is 8. The van der Waals surface area contributed by atoms with Gasteiger partial charge in [0, 0.05) is 12.0 Å². The molecule has 0 bridgehead atoms. The topological polar surface area (TPSA) is 50.6 Å². The average Bonchev–Trinajstić information content (AvgIpc) is 2.36. The van der Waals surface area contributed by atoms with Crippen LogP contribution >= 0.6 is 0 Å². The van der Waals surface area contributed by atoms with E-state index in [0.29, 0.717) is 11.4 Å². The number of benzene rings is 1. The Bertz CT molecular complexity index is 534. The lowest BCUT2D eigenvalue weighted by Gasteiger charge is -2.26. The van der Waals surface area contributed by atoms with Gasteiger partial charge < -0.3 is 4.90 Å². The normalized spacial score (nSPS) is 12.9. The number of nitrogens with one attached hydrogen (secondary N) is 2. The lowest BCUT2D eigenvalue weighted by atomic mass is 9.93. The van der Waals surface area contributed by atoms with E-state index in [0.717, 1.165) is 19.4 Å². The predicted molar refractivity (Wildman–Crippen MR) is 87.1 cm³/mol. The molecule has 0 fully saturated rings. The van der Waals surface area contributed by atoms with Gasteiger partial charge in [0.2, 0.25) is 10.0 Å². The molecule has 0 unspecified atom stereocenters. The summed E-state index contributed by atoms with van der Waals surface area (Å²) in [5, 5.41) is 0. The highest BCUT2D eigenvalue weighted by Crippen LogP contribution is 2.15. The molecule has 0 saturated heterocycles. The van der Waals surface area contributed by atoms with Crippen molar-refractivity contribution in [1.29, 1.82) is 0 Å². The summed E-state index contributed by atoms with van der Waals surface area (Å²) in [6.07, 6.45) is 2.04. The van der Waals surface area contributed by atoms with Crippen LogP contribution in [0.2, 0.25) is 0 Å². The molecule has 0 aliphatic rings. The van der Waals surface area contributed by atoms with Crippen LogP contribution in [0.1, 0.15) is 32.8 Å². The maximum atomic E-state index is 12.3. The highest BCUT2D eigenvalue weighted by molar-refractivity contribution is 7.89. The second kappa shape index (κ2) is 7.38. The molecule has 2 N–H and O–H groups in total. The van der Waals surface area contributed by atoms with Crippen molar-refractivity contribution in [1.82, 2.24) is 4.72 Å². The van der Waals surface area contributed by atoms with Crippen LogP contribution < -0.4 is 9.62 Å². The Morgan fingerprint density at radius 2 is 1.71 bits per heavy atom. The Balaban J connectivity index is 2.73. The van der Waals surface area contributed by atoms with Crippen LogP contribution in [-0.4, -0.2) is 35.6 Å². The van der Waals surface area contributed by atoms with E-state index in [9.17, 15) is 8.42 Å². The molecular weight excluding hydrogens is 284 g/mol. The molecule has 0 aliphatic carbocycles. The van der Waals surface area contributed by atoms with E-state index in [2.05, 4.69) is 39.6 Å². The van der Waals surface area contributed by atoms with Gasteiger partial charge in [-0.3, -0.25) is 0 Å². The molecule has 0 saturated carbocycles. The van der Waals surface area contributed by atoms with Gasteiger partial charge in [0.1, 0.15) is 0 Å². The predicted octanol–water partition coefficient (Wildman–Crippen LogP) is 1.09. The van der Waals surface area contributed by atoms with Gasteiger partial charge in [-0.1, -0.05) is 39.3 Å². The smallest absolute Gasteiger partial charge is 0.240 e. The van der Waals surface area contributed by atoms with Crippen molar-refractivity contribution in [3.05, 3.63) is 29.8 Å². The Kier molecular flexibility index (Phi) is 6.38. The minimum absolute atomic E-state index is 0.0753. The van der Waals surface area contributed by atoms with Crippen molar-refractivity contribution in [3.63, 3.8) is 0 Å². The van der Waals surface area contributed by atoms with Crippen molar-refractivity contribution >= 4 is 10.0 Å². The molecule has 120 valence electrons. The molecular formula is C16H29N2O2S+. The molecule has 21 heavy (non-hydrogen) atoms. The highest BCUT2D eigenvalue weighted by Gasteiger charge is 2.24. The Labute approximate surface area is 129 Å². The van der Waals surface area contributed by atoms with Crippen LogP contribution in [0, 0.1) is 5.41 Å². The van der Waals surface area contributed by atoms with E-state index in [-0.39, 0.29) is 5.41 Å². The fourth-order valence-corrected chi connectivity index (χ4v) is 3.76. The Morgan fingerprint density at radius 3 is 2.19 bits per heavy atom. The van der Waals surface area contributed by atoms with E-state index in [1.54, 1.807) is 12.1 Å². The summed E-state index contributed by atoms with van der Waals surface area (Å²) in [6.45, 7) is 7.61. The fraction of sp³-hybridized carbons (Fsp3) is 0.625. The molecule has 0 spiro atoms. The quantitative estimate of drug-likeness (QED) is 0.755. The van der Waals surface area contributed by atoms with E-state index < -0.39 is 10.0 Å². The van der Waals surface area contributed by atoms with Crippen molar-refractivity contribution in [2.24, 2.45) is 5.41 Å². The summed E-state index contributed by atoms with van der Waals surface area (Å²) in [6, 6.07) is 7.18. The van der Waals surface area contributed by atoms with E-state index in [4.69, 9.17) is 0 Å². The summed E-state index contributed by atoms with van der Waals surface area (Å²) in [5.41, 5.74) is 1.10. The van der Waals surface area contributed by atoms with Gasteiger partial charge in [-0.05, 0) is 24.1 Å². The van der Waals surface area contributed by atoms with Gasteiger partial charge in [-0.2, -0.15) is 0 Å². The van der Waals surface area contributed by atoms with Crippen LogP contribution in [0.25, 0.3) is 0 Å². The second-order valence-corrected chi connectivity index (χ2v) is 8.53. The number of hydrogen-bond donors (Lipinski definition) is 2. The first-order valence-corrected chi connectivity index (χ1v) is 9.02. The largest absolute Gasteiger partial charge is 0.339 e. The van der Waals surface area contributed by atoms with Gasteiger partial charge in [0.15, 0.2) is 0 Å². The molecule has 4 nitrogen and oxygen atoms in total. The van der Waals surface area contributed by atoms with Crippen molar-refractivity contribution in [2.45, 2.75) is 38.5 Å². The maximum Gasteiger partial charge on any atom is 0.240 e. The standard InChI is InChI=1S/C16H28N2O2S/c1-6-7-14-8-10-15(11-9-14)21(19,20)17-12-16(2,3)13-18(4)5/h8-11,17H,6-7,12-13H2,1-5H3/p+1. The van der Waals surface area contributed by atoms with Gasteiger partial charge in [-0.15, -0.1) is 0 Å². The van der Waals surface area contributed by atoms with Crippen molar-refractivity contribution in [3.8, 4) is 0 Å². The SMILES string of the molecule is CCCc1ccc(S(=O)(=O)NCC(C)(C)C[NH+](C)C)cc1. The van der Waals surface area contributed by atoms with Crippen LogP contribution in [-0.2, 0) is 16.4 Å². The van der Waals surface area contributed by atoms with Crippen LogP contribution in [0.3, 0.4) is 0 Å². The number of aryl methyl sites for hydroxylation is 1. The summed E-state index contributed by atoms with van der Waals surface area (Å²) in [4.78, 5) is 1.65. The Morgan fingerprint density at radius 1 is 1.14 bits per heavy atom. The average molecular weight is 313 g/mol. The first kappa shape index (κ1) is 18.1. The second-order valence-electron chi connectivity index (χ2n) is 6.77. The monoisotopic (exact) mass is 313 g/mol. The molecule has 0 atom stereocenters. The Hall–Kier alpha value is -0.910. The first-order chi connectivity index (χ1) is 9.66. The zero-order chi connectivity index (χ0) is 16.1. The lowest BCUT2D eigenvalue weighted by molar-refractivity contribution is -0.865. The third-order valence-corrected chi connectivity index (χ3v) is 4.76. The molecule has 1 rings (SSSR count). The zero-order valence-electron chi connectivity index (χ0n) is 13.9. The summed E-state index contributed by atoms with van der Waals surface area (Å²) in [7, 11) is 0.724. The van der Waals surface area contributed by atoms with E-state index in [1.165, 1.54) is 10.5 Å². The molecule has 0 aromatic heterocycles. The van der Waals surface area contributed by atoms with Crippen LogP contribution in [0.4, 0.5) is 0 Å². The number of sulfonamides is 1. The summed E-state index contributed by atoms with van der Waals surface area (Å²) in [5.74, 6) is 0. The van der Waals surface area contributed by atoms with Crippen molar-refractivity contribution < 1.29 is 13.3 Å². The molecule has 0 amide bonds. The van der Waals surface area contributed by atoms with Gasteiger partial charge >= 0.3 is 0 Å². The highest BCUT2D eigenvalue weighted by atomic mass is 32.2. The van der Waals surface area contributed by atoms with E-state index >= 15 is 0 Å². The fourth-order valence-electron chi connectivity index (χ4n) is 2.52. The van der Waals surface area contributed by atoms with Crippen molar-refractivity contribution in [2.75, 3.05) is 27.2 Å². The minimum atomic E-state index is -3.42. The molecule has 0 heterocycles. The molecule has 5 heteroatoms.